The predicted octanol–water partition coefficient (Wildman–Crippen LogP) is 0.602. The Kier molecular flexibility index (Phi) is 5.37. The van der Waals surface area contributed by atoms with Crippen molar-refractivity contribution >= 4 is 22.5 Å². The summed E-state index contributed by atoms with van der Waals surface area (Å²) < 4.78 is 0. The summed E-state index contributed by atoms with van der Waals surface area (Å²) in [6.07, 6.45) is 0. The van der Waals surface area contributed by atoms with Gasteiger partial charge >= 0.3 is 5.69 Å². The van der Waals surface area contributed by atoms with E-state index in [0.29, 0.717) is 16.6 Å². The number of aryl methyl sites for hydroxylation is 1. The molecule has 1 aliphatic heterocycles. The summed E-state index contributed by atoms with van der Waals surface area (Å²) in [6.45, 7) is 6.12. The van der Waals surface area contributed by atoms with Crippen LogP contribution in [-0.2, 0) is 6.54 Å². The number of nitrogens with zero attached hydrogens (tertiary/aromatic N) is 3. The van der Waals surface area contributed by atoms with Gasteiger partial charge in [-0.2, -0.15) is 0 Å². The number of benzene rings is 1. The van der Waals surface area contributed by atoms with Gasteiger partial charge in [0.1, 0.15) is 5.69 Å². The topological polar surface area (TPSA) is 114 Å². The molecule has 0 bridgehead atoms. The number of nitrogens with one attached hydrogen (secondary N) is 3. The van der Waals surface area contributed by atoms with E-state index in [1.54, 1.807) is 19.2 Å². The molecule has 9 heteroatoms. The number of hydrogen-bond acceptors (Lipinski definition) is 6. The minimum atomic E-state index is -0.496. The van der Waals surface area contributed by atoms with E-state index in [1.807, 2.05) is 25.1 Å². The number of aromatic amines is 2. The van der Waals surface area contributed by atoms with E-state index in [2.05, 4.69) is 30.1 Å². The van der Waals surface area contributed by atoms with Crippen LogP contribution < -0.4 is 21.5 Å². The van der Waals surface area contributed by atoms with E-state index >= 15 is 0 Å². The maximum absolute atomic E-state index is 11.9. The van der Waals surface area contributed by atoms with Crippen LogP contribution in [0.2, 0.25) is 0 Å². The fourth-order valence-corrected chi connectivity index (χ4v) is 3.86. The Morgan fingerprint density at radius 1 is 1.10 bits per heavy atom. The fraction of sp³-hybridized carbons (Fsp3) is 0.333. The lowest BCUT2D eigenvalue weighted by molar-refractivity contribution is 0.0958. The highest BCUT2D eigenvalue weighted by molar-refractivity contribution is 5.92. The third-order valence-electron chi connectivity index (χ3n) is 5.44. The summed E-state index contributed by atoms with van der Waals surface area (Å²) in [5.74, 6) is -0.187. The van der Waals surface area contributed by atoms with Crippen molar-refractivity contribution in [3.05, 3.63) is 68.1 Å². The summed E-state index contributed by atoms with van der Waals surface area (Å²) in [5.41, 5.74) is 3.04. The van der Waals surface area contributed by atoms with Crippen LogP contribution in [0.4, 0.5) is 5.69 Å². The first-order valence-corrected chi connectivity index (χ1v) is 9.87. The molecule has 30 heavy (non-hydrogen) atoms. The van der Waals surface area contributed by atoms with Gasteiger partial charge in [0.05, 0.1) is 22.3 Å². The Hall–Kier alpha value is -3.46. The van der Waals surface area contributed by atoms with Crippen molar-refractivity contribution in [2.45, 2.75) is 13.5 Å². The highest BCUT2D eigenvalue weighted by atomic mass is 16.2. The van der Waals surface area contributed by atoms with E-state index < -0.39 is 5.69 Å². The molecule has 0 saturated carbocycles. The number of fused-ring (bicyclic) bond motifs is 1. The minimum absolute atomic E-state index is 0.187. The van der Waals surface area contributed by atoms with Gasteiger partial charge in [-0.25, -0.2) is 9.78 Å². The number of carbonyl (C=O) groups excluding carboxylic acids is 1. The number of pyridine rings is 1. The maximum atomic E-state index is 11.9. The van der Waals surface area contributed by atoms with Crippen LogP contribution >= 0.6 is 0 Å². The van der Waals surface area contributed by atoms with E-state index in [4.69, 9.17) is 0 Å². The highest BCUT2D eigenvalue weighted by Gasteiger charge is 2.20. The SMILES string of the molecule is CNC(=O)c1ccc(N2CCN(Cc3ccc4c(=O)[nH]c(=O)[nH]c4c3)CC2)c(C)n1. The van der Waals surface area contributed by atoms with Gasteiger partial charge in [-0.05, 0) is 36.8 Å². The summed E-state index contributed by atoms with van der Waals surface area (Å²) in [5, 5.41) is 3.07. The average molecular weight is 408 g/mol. The molecule has 1 amide bonds. The van der Waals surface area contributed by atoms with Crippen LogP contribution in [0.3, 0.4) is 0 Å². The zero-order valence-electron chi connectivity index (χ0n) is 17.0. The van der Waals surface area contributed by atoms with Crippen LogP contribution in [0.1, 0.15) is 21.7 Å². The van der Waals surface area contributed by atoms with Crippen molar-refractivity contribution in [1.82, 2.24) is 25.2 Å². The molecule has 3 heterocycles. The Labute approximate surface area is 172 Å². The van der Waals surface area contributed by atoms with Crippen LogP contribution in [0.15, 0.2) is 39.9 Å². The molecular formula is C21H24N6O3. The summed E-state index contributed by atoms with van der Waals surface area (Å²) in [6, 6.07) is 9.25. The van der Waals surface area contributed by atoms with E-state index in [9.17, 15) is 14.4 Å². The van der Waals surface area contributed by atoms with Gasteiger partial charge in [-0.15, -0.1) is 0 Å². The number of aromatic nitrogens is 3. The smallest absolute Gasteiger partial charge is 0.326 e. The first-order valence-electron chi connectivity index (χ1n) is 9.87. The molecule has 0 atom stereocenters. The van der Waals surface area contributed by atoms with Gasteiger partial charge in [-0.3, -0.25) is 19.5 Å². The lowest BCUT2D eigenvalue weighted by Crippen LogP contribution is -2.46. The molecule has 4 rings (SSSR count). The largest absolute Gasteiger partial charge is 0.368 e. The number of rotatable bonds is 4. The Morgan fingerprint density at radius 3 is 2.57 bits per heavy atom. The number of carbonyl (C=O) groups is 1. The second kappa shape index (κ2) is 8.11. The maximum Gasteiger partial charge on any atom is 0.326 e. The molecule has 1 saturated heterocycles. The fourth-order valence-electron chi connectivity index (χ4n) is 3.86. The number of hydrogen-bond donors (Lipinski definition) is 3. The summed E-state index contributed by atoms with van der Waals surface area (Å²) in [4.78, 5) is 49.1. The molecule has 0 spiro atoms. The Morgan fingerprint density at radius 2 is 1.87 bits per heavy atom. The van der Waals surface area contributed by atoms with Crippen LogP contribution in [-0.4, -0.2) is 59.0 Å². The van der Waals surface area contributed by atoms with Crippen molar-refractivity contribution in [3.63, 3.8) is 0 Å². The van der Waals surface area contributed by atoms with Crippen LogP contribution in [0.25, 0.3) is 10.9 Å². The molecule has 1 fully saturated rings. The number of anilines is 1. The van der Waals surface area contributed by atoms with E-state index in [1.165, 1.54) is 0 Å². The van der Waals surface area contributed by atoms with Crippen LogP contribution in [0.5, 0.6) is 0 Å². The molecule has 0 unspecified atom stereocenters. The van der Waals surface area contributed by atoms with Crippen molar-refractivity contribution in [2.75, 3.05) is 38.1 Å². The zero-order chi connectivity index (χ0) is 21.3. The lowest BCUT2D eigenvalue weighted by atomic mass is 10.1. The normalized spacial score (nSPS) is 14.8. The lowest BCUT2D eigenvalue weighted by Gasteiger charge is -2.36. The number of H-pyrrole nitrogens is 2. The molecule has 0 radical (unpaired) electrons. The molecule has 0 aliphatic carbocycles. The number of piperazine rings is 1. The van der Waals surface area contributed by atoms with E-state index in [-0.39, 0.29) is 11.5 Å². The molecule has 1 aromatic carbocycles. The van der Waals surface area contributed by atoms with Crippen molar-refractivity contribution in [3.8, 4) is 0 Å². The second-order valence-electron chi connectivity index (χ2n) is 7.43. The molecule has 156 valence electrons. The first kappa shape index (κ1) is 19.8. The molecule has 1 aliphatic rings. The third-order valence-corrected chi connectivity index (χ3v) is 5.44. The zero-order valence-corrected chi connectivity index (χ0v) is 17.0. The quantitative estimate of drug-likeness (QED) is 0.583. The molecule has 3 N–H and O–H groups in total. The van der Waals surface area contributed by atoms with Gasteiger partial charge in [0.15, 0.2) is 0 Å². The Balaban J connectivity index is 1.43. The summed E-state index contributed by atoms with van der Waals surface area (Å²) >= 11 is 0. The van der Waals surface area contributed by atoms with Gasteiger partial charge in [-0.1, -0.05) is 6.07 Å². The summed E-state index contributed by atoms with van der Waals surface area (Å²) in [7, 11) is 1.59. The van der Waals surface area contributed by atoms with Gasteiger partial charge < -0.3 is 15.2 Å². The van der Waals surface area contributed by atoms with Crippen LogP contribution in [0, 0.1) is 6.92 Å². The monoisotopic (exact) mass is 408 g/mol. The molecule has 3 aromatic rings. The van der Waals surface area contributed by atoms with Crippen molar-refractivity contribution < 1.29 is 4.79 Å². The predicted molar refractivity (Wildman–Crippen MR) is 115 cm³/mol. The number of amides is 1. The first-order chi connectivity index (χ1) is 14.4. The average Bonchev–Trinajstić information content (AvgIpc) is 2.73. The Bertz CT molecular complexity index is 1210. The second-order valence-corrected chi connectivity index (χ2v) is 7.43. The van der Waals surface area contributed by atoms with Gasteiger partial charge in [0.2, 0.25) is 0 Å². The highest BCUT2D eigenvalue weighted by Crippen LogP contribution is 2.21. The molecule has 2 aromatic heterocycles. The van der Waals surface area contributed by atoms with Crippen molar-refractivity contribution in [1.29, 1.82) is 0 Å². The minimum Gasteiger partial charge on any atom is -0.368 e. The molecule has 9 nitrogen and oxygen atoms in total. The van der Waals surface area contributed by atoms with E-state index in [0.717, 1.165) is 49.7 Å². The molecular weight excluding hydrogens is 384 g/mol. The van der Waals surface area contributed by atoms with Gasteiger partial charge in [0.25, 0.3) is 11.5 Å². The van der Waals surface area contributed by atoms with Crippen molar-refractivity contribution in [2.24, 2.45) is 0 Å². The third kappa shape index (κ3) is 3.97. The standard InChI is InChI=1S/C21H24N6O3/c1-13-18(6-5-16(23-13)20(29)22-2)27-9-7-26(8-10-27)12-14-3-4-15-17(11-14)24-21(30)25-19(15)28/h3-6,11H,7-10,12H2,1-2H3,(H,22,29)(H2,24,25,28,30). The van der Waals surface area contributed by atoms with Gasteiger partial charge in [0, 0.05) is 39.8 Å².